The van der Waals surface area contributed by atoms with Crippen molar-refractivity contribution in [1.82, 2.24) is 4.90 Å². The molecule has 21 heavy (non-hydrogen) atoms. The van der Waals surface area contributed by atoms with Gasteiger partial charge in [0.2, 0.25) is 0 Å². The first-order valence-electron chi connectivity index (χ1n) is 9.37. The van der Waals surface area contributed by atoms with Gasteiger partial charge in [0.25, 0.3) is 0 Å². The van der Waals surface area contributed by atoms with Crippen LogP contribution in [0.25, 0.3) is 0 Å². The molecule has 128 valence electrons. The van der Waals surface area contributed by atoms with E-state index in [1.807, 2.05) is 13.8 Å². The smallest absolute Gasteiger partial charge is 0.0206 e. The molecule has 0 aromatic heterocycles. The number of nitrogens with two attached hydrogens (primary N) is 1. The summed E-state index contributed by atoms with van der Waals surface area (Å²) in [6.07, 6.45) is 14.7. The van der Waals surface area contributed by atoms with Crippen molar-refractivity contribution in [3.8, 4) is 0 Å². The standard InChI is InChI=1S/C16H31N.C2H6.CH5N/c1-14-9-11-16(12-10-14,17(2)3)13-15-7-5-4-6-8-15;2*1-2/h14-15H,4-13H2,1-3H3;1-2H3;2H2,1H3. The van der Waals surface area contributed by atoms with Crippen LogP contribution in [0.5, 0.6) is 0 Å². The van der Waals surface area contributed by atoms with Gasteiger partial charge in [-0.2, -0.15) is 0 Å². The van der Waals surface area contributed by atoms with Crippen LogP contribution >= 0.6 is 0 Å². The maximum Gasteiger partial charge on any atom is 0.0206 e. The van der Waals surface area contributed by atoms with Gasteiger partial charge >= 0.3 is 0 Å². The first kappa shape index (κ1) is 20.9. The molecule has 2 rings (SSSR count). The quantitative estimate of drug-likeness (QED) is 0.788. The first-order chi connectivity index (χ1) is 10.1. The Balaban J connectivity index is 0.000000921. The summed E-state index contributed by atoms with van der Waals surface area (Å²) in [6.45, 7) is 6.43. The average molecular weight is 299 g/mol. The maximum atomic E-state index is 4.50. The predicted octanol–water partition coefficient (Wildman–Crippen LogP) is 5.07. The average Bonchev–Trinajstić information content (AvgIpc) is 2.54. The molecule has 0 radical (unpaired) electrons. The third-order valence-corrected chi connectivity index (χ3v) is 5.55. The highest BCUT2D eigenvalue weighted by molar-refractivity contribution is 4.94. The molecular formula is C19H42N2. The molecule has 0 atom stereocenters. The molecule has 2 saturated carbocycles. The molecule has 0 aromatic rings. The normalized spacial score (nSPS) is 30.0. The van der Waals surface area contributed by atoms with Crippen molar-refractivity contribution >= 4 is 0 Å². The van der Waals surface area contributed by atoms with Gasteiger partial charge in [0.15, 0.2) is 0 Å². The molecule has 2 heteroatoms. The van der Waals surface area contributed by atoms with Crippen LogP contribution in [0.4, 0.5) is 0 Å². The Morgan fingerprint density at radius 3 is 1.81 bits per heavy atom. The minimum Gasteiger partial charge on any atom is -0.333 e. The lowest BCUT2D eigenvalue weighted by Gasteiger charge is -2.47. The zero-order valence-electron chi connectivity index (χ0n) is 15.8. The van der Waals surface area contributed by atoms with Crippen LogP contribution in [0, 0.1) is 11.8 Å². The van der Waals surface area contributed by atoms with E-state index in [-0.39, 0.29) is 0 Å². The molecule has 2 fully saturated rings. The summed E-state index contributed by atoms with van der Waals surface area (Å²) in [5.74, 6) is 1.99. The van der Waals surface area contributed by atoms with Crippen LogP contribution in [0.1, 0.15) is 85.0 Å². The second-order valence-corrected chi connectivity index (χ2v) is 7.01. The zero-order valence-corrected chi connectivity index (χ0v) is 15.8. The van der Waals surface area contributed by atoms with Crippen molar-refractivity contribution in [2.45, 2.75) is 90.5 Å². The summed E-state index contributed by atoms with van der Waals surface area (Å²) in [7, 11) is 6.14. The summed E-state index contributed by atoms with van der Waals surface area (Å²) in [5.41, 5.74) is 5.05. The van der Waals surface area contributed by atoms with Crippen molar-refractivity contribution in [2.75, 3.05) is 21.1 Å². The lowest BCUT2D eigenvalue weighted by atomic mass is 9.69. The molecule has 2 aliphatic carbocycles. The van der Waals surface area contributed by atoms with E-state index in [2.05, 4.69) is 31.7 Å². The van der Waals surface area contributed by atoms with Gasteiger partial charge in [-0.3, -0.25) is 0 Å². The van der Waals surface area contributed by atoms with Crippen LogP contribution in [0.15, 0.2) is 0 Å². The number of hydrogen-bond acceptors (Lipinski definition) is 2. The van der Waals surface area contributed by atoms with E-state index in [1.54, 1.807) is 0 Å². The molecule has 2 N–H and O–H groups in total. The van der Waals surface area contributed by atoms with E-state index in [1.165, 1.54) is 71.3 Å². The SMILES string of the molecule is CC.CC1CCC(CC2CCCCC2)(N(C)C)CC1.CN. The van der Waals surface area contributed by atoms with Crippen LogP contribution in [-0.4, -0.2) is 31.6 Å². The lowest BCUT2D eigenvalue weighted by Crippen LogP contribution is -2.48. The fourth-order valence-electron chi connectivity index (χ4n) is 4.06. The summed E-state index contributed by atoms with van der Waals surface area (Å²) in [4.78, 5) is 2.56. The van der Waals surface area contributed by atoms with Gasteiger partial charge in [0.1, 0.15) is 0 Å². The van der Waals surface area contributed by atoms with Crippen LogP contribution in [-0.2, 0) is 0 Å². The van der Waals surface area contributed by atoms with E-state index in [0.29, 0.717) is 5.54 Å². The molecule has 0 saturated heterocycles. The lowest BCUT2D eigenvalue weighted by molar-refractivity contribution is 0.0505. The van der Waals surface area contributed by atoms with E-state index < -0.39 is 0 Å². The second-order valence-electron chi connectivity index (χ2n) is 7.01. The molecule has 0 amide bonds. The van der Waals surface area contributed by atoms with Gasteiger partial charge in [-0.1, -0.05) is 52.9 Å². The highest BCUT2D eigenvalue weighted by atomic mass is 15.1. The molecular weight excluding hydrogens is 256 g/mol. The van der Waals surface area contributed by atoms with Gasteiger partial charge < -0.3 is 10.6 Å². The predicted molar refractivity (Wildman–Crippen MR) is 96.7 cm³/mol. The molecule has 0 unspecified atom stereocenters. The summed E-state index contributed by atoms with van der Waals surface area (Å²) >= 11 is 0. The Morgan fingerprint density at radius 2 is 1.38 bits per heavy atom. The largest absolute Gasteiger partial charge is 0.333 e. The first-order valence-corrected chi connectivity index (χ1v) is 9.37. The van der Waals surface area contributed by atoms with E-state index in [9.17, 15) is 0 Å². The van der Waals surface area contributed by atoms with Gasteiger partial charge in [-0.25, -0.2) is 0 Å². The molecule has 0 spiro atoms. The molecule has 0 heterocycles. The van der Waals surface area contributed by atoms with Crippen LogP contribution in [0.2, 0.25) is 0 Å². The Kier molecular flexibility index (Phi) is 11.4. The molecule has 0 aliphatic heterocycles. The van der Waals surface area contributed by atoms with Gasteiger partial charge in [0, 0.05) is 5.54 Å². The van der Waals surface area contributed by atoms with E-state index in [4.69, 9.17) is 0 Å². The molecule has 2 aliphatic rings. The van der Waals surface area contributed by atoms with Crippen molar-refractivity contribution in [1.29, 1.82) is 0 Å². The van der Waals surface area contributed by atoms with Gasteiger partial charge in [-0.05, 0) is 65.1 Å². The number of hydrogen-bond donors (Lipinski definition) is 1. The monoisotopic (exact) mass is 298 g/mol. The Labute approximate surface area is 134 Å². The minimum absolute atomic E-state index is 0.550. The molecule has 0 aromatic carbocycles. The number of nitrogens with zero attached hydrogens (tertiary/aromatic N) is 1. The third kappa shape index (κ3) is 6.69. The highest BCUT2D eigenvalue weighted by Gasteiger charge is 2.38. The summed E-state index contributed by atoms with van der Waals surface area (Å²) in [5, 5.41) is 0. The van der Waals surface area contributed by atoms with Gasteiger partial charge in [0.05, 0.1) is 0 Å². The molecule has 0 bridgehead atoms. The zero-order chi connectivity index (χ0) is 16.3. The van der Waals surface area contributed by atoms with Crippen LogP contribution < -0.4 is 5.73 Å². The van der Waals surface area contributed by atoms with Crippen LogP contribution in [0.3, 0.4) is 0 Å². The van der Waals surface area contributed by atoms with E-state index >= 15 is 0 Å². The number of rotatable bonds is 3. The molecule has 2 nitrogen and oxygen atoms in total. The van der Waals surface area contributed by atoms with Crippen molar-refractivity contribution in [3.05, 3.63) is 0 Å². The fourth-order valence-corrected chi connectivity index (χ4v) is 4.06. The highest BCUT2D eigenvalue weighted by Crippen LogP contribution is 2.42. The summed E-state index contributed by atoms with van der Waals surface area (Å²) < 4.78 is 0. The topological polar surface area (TPSA) is 29.3 Å². The minimum atomic E-state index is 0.550. The maximum absolute atomic E-state index is 4.50. The Bertz CT molecular complexity index is 224. The van der Waals surface area contributed by atoms with Gasteiger partial charge in [-0.15, -0.1) is 0 Å². The van der Waals surface area contributed by atoms with E-state index in [0.717, 1.165) is 11.8 Å². The second kappa shape index (κ2) is 11.5. The summed E-state index contributed by atoms with van der Waals surface area (Å²) in [6, 6.07) is 0. The fraction of sp³-hybridized carbons (Fsp3) is 1.00. The Morgan fingerprint density at radius 1 is 0.905 bits per heavy atom. The van der Waals surface area contributed by atoms with Crippen molar-refractivity contribution in [3.63, 3.8) is 0 Å². The van der Waals surface area contributed by atoms with Crippen molar-refractivity contribution in [2.24, 2.45) is 17.6 Å². The van der Waals surface area contributed by atoms with Crippen molar-refractivity contribution < 1.29 is 0 Å². The Hall–Kier alpha value is -0.0800. The third-order valence-electron chi connectivity index (χ3n) is 5.55.